The molecule has 6 atom stereocenters. The Bertz CT molecular complexity index is 1680. The number of ether oxygens (including phenoxy) is 4. The van der Waals surface area contributed by atoms with E-state index in [1.54, 1.807) is 0 Å². The number of esters is 4. The number of aliphatic hydroxyl groups is 1. The number of hydrogen-bond acceptors (Lipinski definition) is 15. The van der Waals surface area contributed by atoms with Crippen molar-refractivity contribution < 1.29 is 80.2 Å². The van der Waals surface area contributed by atoms with E-state index in [0.717, 1.165) is 114 Å². The Labute approximate surface area is 517 Å². The molecule has 0 aromatic carbocycles. The highest BCUT2D eigenvalue weighted by atomic mass is 31.2. The average Bonchev–Trinajstić information content (AvgIpc) is 3.49. The van der Waals surface area contributed by atoms with E-state index in [-0.39, 0.29) is 25.7 Å². The van der Waals surface area contributed by atoms with Crippen molar-refractivity contribution in [2.24, 2.45) is 17.8 Å². The fourth-order valence-corrected chi connectivity index (χ4v) is 11.4. The van der Waals surface area contributed by atoms with Crippen LogP contribution in [0.25, 0.3) is 0 Å². The number of unbranched alkanes of at least 4 members (excludes halogenated alkanes) is 31. The van der Waals surface area contributed by atoms with Gasteiger partial charge in [-0.2, -0.15) is 0 Å². The molecule has 0 bridgehead atoms. The lowest BCUT2D eigenvalue weighted by atomic mass is 9.99. The average molecular weight is 1260 g/mol. The molecule has 0 radical (unpaired) electrons. The monoisotopic (exact) mass is 1250 g/mol. The second kappa shape index (κ2) is 57.2. The van der Waals surface area contributed by atoms with Crippen molar-refractivity contribution >= 4 is 39.5 Å². The molecule has 0 aromatic rings. The topological polar surface area (TPSA) is 237 Å². The predicted octanol–water partition coefficient (Wildman–Crippen LogP) is 18.3. The van der Waals surface area contributed by atoms with Crippen molar-refractivity contribution in [2.45, 2.75) is 343 Å². The number of phosphoric acid groups is 2. The van der Waals surface area contributed by atoms with Gasteiger partial charge in [-0.15, -0.1) is 0 Å². The second-order valence-corrected chi connectivity index (χ2v) is 28.0. The number of aliphatic hydroxyl groups excluding tert-OH is 1. The summed E-state index contributed by atoms with van der Waals surface area (Å²) in [6, 6.07) is 0. The van der Waals surface area contributed by atoms with E-state index in [4.69, 9.17) is 37.0 Å². The fraction of sp³-hybridized carbons (Fsp3) is 0.939. The SMILES string of the molecule is CCCCCCCC(=O)OC[C@H](COP(=O)(O)OC[C@H](O)COP(=O)(O)OC[C@@H](COC(=O)CCCCCCCCCCCCCC(C)C)OC(=O)CCCCCCCCCCCCCC(C)C)OC(=O)CCCCCCCCCCC(C)CC. The van der Waals surface area contributed by atoms with Crippen LogP contribution in [0, 0.1) is 17.8 Å². The molecule has 0 aliphatic carbocycles. The maximum atomic E-state index is 13.0. The van der Waals surface area contributed by atoms with E-state index >= 15 is 0 Å². The highest BCUT2D eigenvalue weighted by Crippen LogP contribution is 2.45. The van der Waals surface area contributed by atoms with Gasteiger partial charge in [-0.25, -0.2) is 9.13 Å². The van der Waals surface area contributed by atoms with E-state index < -0.39 is 97.5 Å². The van der Waals surface area contributed by atoms with Crippen LogP contribution in [0.1, 0.15) is 325 Å². The fourth-order valence-electron chi connectivity index (χ4n) is 9.80. The molecule has 0 heterocycles. The zero-order chi connectivity index (χ0) is 63.1. The minimum Gasteiger partial charge on any atom is -0.462 e. The van der Waals surface area contributed by atoms with Crippen molar-refractivity contribution in [1.82, 2.24) is 0 Å². The minimum absolute atomic E-state index is 0.104. The van der Waals surface area contributed by atoms with Gasteiger partial charge in [-0.3, -0.25) is 37.3 Å². The highest BCUT2D eigenvalue weighted by molar-refractivity contribution is 7.47. The number of hydrogen-bond donors (Lipinski definition) is 3. The molecular formula is C66H128O17P2. The van der Waals surface area contributed by atoms with Gasteiger partial charge in [0.05, 0.1) is 26.4 Å². The summed E-state index contributed by atoms with van der Waals surface area (Å²) in [7, 11) is -9.89. The van der Waals surface area contributed by atoms with Crippen LogP contribution in [-0.2, 0) is 65.4 Å². The first-order chi connectivity index (χ1) is 40.8. The molecule has 0 aromatic heterocycles. The lowest BCUT2D eigenvalue weighted by Gasteiger charge is -2.21. The van der Waals surface area contributed by atoms with Crippen molar-refractivity contribution in [3.8, 4) is 0 Å². The summed E-state index contributed by atoms with van der Waals surface area (Å²) in [4.78, 5) is 72.1. The summed E-state index contributed by atoms with van der Waals surface area (Å²) in [5, 5.41) is 10.5. The van der Waals surface area contributed by atoms with Crippen LogP contribution in [0.4, 0.5) is 0 Å². The molecule has 0 aliphatic heterocycles. The molecule has 504 valence electrons. The molecule has 0 rings (SSSR count). The Morgan fingerprint density at radius 3 is 0.894 bits per heavy atom. The van der Waals surface area contributed by atoms with Crippen molar-refractivity contribution in [3.05, 3.63) is 0 Å². The van der Waals surface area contributed by atoms with Crippen LogP contribution >= 0.6 is 15.6 Å². The van der Waals surface area contributed by atoms with Crippen LogP contribution in [0.15, 0.2) is 0 Å². The Morgan fingerprint density at radius 1 is 0.341 bits per heavy atom. The summed E-state index contributed by atoms with van der Waals surface area (Å²) in [5.41, 5.74) is 0. The van der Waals surface area contributed by atoms with E-state index in [1.165, 1.54) is 128 Å². The minimum atomic E-state index is -4.95. The molecule has 19 heteroatoms. The molecule has 3 N–H and O–H groups in total. The summed E-state index contributed by atoms with van der Waals surface area (Å²) < 4.78 is 67.9. The van der Waals surface area contributed by atoms with Crippen LogP contribution in [-0.4, -0.2) is 96.7 Å². The predicted molar refractivity (Wildman–Crippen MR) is 340 cm³/mol. The van der Waals surface area contributed by atoms with Crippen LogP contribution < -0.4 is 0 Å². The lowest BCUT2D eigenvalue weighted by Crippen LogP contribution is -2.30. The van der Waals surface area contributed by atoms with Gasteiger partial charge in [-0.1, -0.05) is 273 Å². The van der Waals surface area contributed by atoms with Gasteiger partial charge in [0, 0.05) is 25.7 Å². The summed E-state index contributed by atoms with van der Waals surface area (Å²) in [6.07, 6.45) is 39.2. The normalized spacial score (nSPS) is 14.6. The third-order valence-electron chi connectivity index (χ3n) is 15.5. The molecule has 85 heavy (non-hydrogen) atoms. The van der Waals surface area contributed by atoms with Crippen molar-refractivity contribution in [1.29, 1.82) is 0 Å². The molecule has 0 amide bonds. The summed E-state index contributed by atoms with van der Waals surface area (Å²) in [5.74, 6) is 0.163. The molecule has 0 saturated heterocycles. The Hall–Kier alpha value is -1.94. The Kier molecular flexibility index (Phi) is 55.9. The molecular weight excluding hydrogens is 1130 g/mol. The molecule has 17 nitrogen and oxygen atoms in total. The molecule has 0 saturated carbocycles. The first-order valence-corrected chi connectivity index (χ1v) is 37.4. The molecule has 0 aliphatic rings. The van der Waals surface area contributed by atoms with Gasteiger partial charge in [0.1, 0.15) is 19.3 Å². The number of carbonyl (C=O) groups is 4. The van der Waals surface area contributed by atoms with Crippen LogP contribution in [0.3, 0.4) is 0 Å². The largest absolute Gasteiger partial charge is 0.472 e. The first-order valence-electron chi connectivity index (χ1n) is 34.4. The Morgan fingerprint density at radius 2 is 0.600 bits per heavy atom. The van der Waals surface area contributed by atoms with Gasteiger partial charge in [-0.05, 0) is 43.4 Å². The van der Waals surface area contributed by atoms with Crippen LogP contribution in [0.5, 0.6) is 0 Å². The van der Waals surface area contributed by atoms with Gasteiger partial charge < -0.3 is 33.8 Å². The van der Waals surface area contributed by atoms with Gasteiger partial charge in [0.15, 0.2) is 12.2 Å². The van der Waals surface area contributed by atoms with E-state index in [0.29, 0.717) is 25.7 Å². The first kappa shape index (κ1) is 83.1. The third-order valence-corrected chi connectivity index (χ3v) is 17.4. The molecule has 0 fully saturated rings. The smallest absolute Gasteiger partial charge is 0.462 e. The zero-order valence-electron chi connectivity index (χ0n) is 55.1. The number of rotatable bonds is 64. The quantitative estimate of drug-likeness (QED) is 0.0222. The van der Waals surface area contributed by atoms with Crippen molar-refractivity contribution in [3.63, 3.8) is 0 Å². The standard InChI is InChI=1S/C66H128O17P2/c1-8-10-11-30-40-47-63(68)76-53-61(82-66(71)50-43-36-29-23-22-26-33-39-46-59(7)9-2)55-80-84(72,73)78-51-60(67)52-79-85(74,75)81-56-62(83-65(70)49-42-35-28-21-17-13-15-19-25-32-38-45-58(5)6)54-77-64(69)48-41-34-27-20-16-12-14-18-24-31-37-44-57(3)4/h57-62,67H,8-56H2,1-7H3,(H,72,73)(H,74,75)/t59?,60-,61+,62+/m0/s1. The maximum Gasteiger partial charge on any atom is 0.472 e. The third kappa shape index (κ3) is 59.5. The summed E-state index contributed by atoms with van der Waals surface area (Å²) in [6.45, 7) is 11.7. The Balaban J connectivity index is 5.19. The highest BCUT2D eigenvalue weighted by Gasteiger charge is 2.30. The van der Waals surface area contributed by atoms with Gasteiger partial charge in [0.25, 0.3) is 0 Å². The van der Waals surface area contributed by atoms with E-state index in [9.17, 15) is 43.2 Å². The molecule has 3 unspecified atom stereocenters. The van der Waals surface area contributed by atoms with Crippen LogP contribution in [0.2, 0.25) is 0 Å². The van der Waals surface area contributed by atoms with E-state index in [2.05, 4.69) is 48.5 Å². The second-order valence-electron chi connectivity index (χ2n) is 25.1. The van der Waals surface area contributed by atoms with Gasteiger partial charge >= 0.3 is 39.5 Å². The lowest BCUT2D eigenvalue weighted by molar-refractivity contribution is -0.161. The molecule has 0 spiro atoms. The summed E-state index contributed by atoms with van der Waals surface area (Å²) >= 11 is 0. The number of phosphoric ester groups is 2. The van der Waals surface area contributed by atoms with E-state index in [1.807, 2.05) is 0 Å². The number of carbonyl (C=O) groups excluding carboxylic acids is 4. The van der Waals surface area contributed by atoms with Crippen molar-refractivity contribution in [2.75, 3.05) is 39.6 Å². The zero-order valence-corrected chi connectivity index (χ0v) is 56.9. The van der Waals surface area contributed by atoms with Gasteiger partial charge in [0.2, 0.25) is 0 Å². The maximum absolute atomic E-state index is 13.0.